The molecule has 0 saturated heterocycles. The van der Waals surface area contributed by atoms with Crippen molar-refractivity contribution in [3.05, 3.63) is 64.4 Å². The van der Waals surface area contributed by atoms with Crippen LogP contribution in [0.1, 0.15) is 18.4 Å². The van der Waals surface area contributed by atoms with E-state index in [0.29, 0.717) is 39.5 Å². The van der Waals surface area contributed by atoms with Gasteiger partial charge in [0.1, 0.15) is 0 Å². The number of aromatic nitrogens is 2. The molecule has 1 aromatic heterocycles. The molecule has 5 nitrogen and oxygen atoms in total. The highest BCUT2D eigenvalue weighted by molar-refractivity contribution is 7.99. The summed E-state index contributed by atoms with van der Waals surface area (Å²) in [5, 5.41) is 18.8. The predicted octanol–water partition coefficient (Wildman–Crippen LogP) is 3.65. The Morgan fingerprint density at radius 2 is 1.84 bits per heavy atom. The van der Waals surface area contributed by atoms with Gasteiger partial charge in [0.05, 0.1) is 34.3 Å². The molecule has 0 fully saturated rings. The summed E-state index contributed by atoms with van der Waals surface area (Å²) in [7, 11) is 0. The van der Waals surface area contributed by atoms with E-state index in [9.17, 15) is 4.79 Å². The average molecular weight is 346 g/mol. The third-order valence-corrected chi connectivity index (χ3v) is 4.69. The minimum Gasteiger partial charge on any atom is -0.268 e. The normalized spacial score (nSPS) is 10.3. The fourth-order valence-corrected chi connectivity index (χ4v) is 3.39. The van der Waals surface area contributed by atoms with Crippen LogP contribution in [0.25, 0.3) is 16.6 Å². The maximum absolute atomic E-state index is 13.0. The predicted molar refractivity (Wildman–Crippen MR) is 97.6 cm³/mol. The molecular weight excluding hydrogens is 332 g/mol. The van der Waals surface area contributed by atoms with Gasteiger partial charge in [-0.25, -0.2) is 4.98 Å². The first-order valence-electron chi connectivity index (χ1n) is 7.76. The third kappa shape index (κ3) is 3.55. The Kier molecular flexibility index (Phi) is 5.13. The molecule has 3 rings (SSSR count). The highest BCUT2D eigenvalue weighted by Gasteiger charge is 2.13. The first-order chi connectivity index (χ1) is 12.2. The lowest BCUT2D eigenvalue weighted by molar-refractivity contribution is 0.817. The molecule has 2 aromatic carbocycles. The number of rotatable bonds is 5. The van der Waals surface area contributed by atoms with Gasteiger partial charge < -0.3 is 0 Å². The van der Waals surface area contributed by atoms with E-state index < -0.39 is 0 Å². The standard InChI is InChI=1S/C19H14N4OS/c20-11-3-4-12-25-19-22-17-6-2-1-5-16(17)18(24)23(19)15-9-7-14(13-21)8-10-15/h1-2,5-10H,3-4,12H2. The van der Waals surface area contributed by atoms with Gasteiger partial charge in [-0.3, -0.25) is 9.36 Å². The SMILES string of the molecule is N#CCCCSc1nc2ccccc2c(=O)n1-c1ccc(C#N)cc1. The Hall–Kier alpha value is -3.09. The fraction of sp³-hybridized carbons (Fsp3) is 0.158. The van der Waals surface area contributed by atoms with Crippen molar-refractivity contribution in [1.82, 2.24) is 9.55 Å². The van der Waals surface area contributed by atoms with Gasteiger partial charge in [0.2, 0.25) is 0 Å². The molecule has 0 N–H and O–H groups in total. The Balaban J connectivity index is 2.12. The molecular formula is C19H14N4OS. The number of thioether (sulfide) groups is 1. The van der Waals surface area contributed by atoms with Gasteiger partial charge in [0, 0.05) is 12.2 Å². The summed E-state index contributed by atoms with van der Waals surface area (Å²) < 4.78 is 1.57. The molecule has 25 heavy (non-hydrogen) atoms. The van der Waals surface area contributed by atoms with Crippen molar-refractivity contribution >= 4 is 22.7 Å². The number of benzene rings is 2. The molecule has 0 unspecified atom stereocenters. The van der Waals surface area contributed by atoms with Gasteiger partial charge in [-0.05, 0) is 42.8 Å². The maximum atomic E-state index is 13.0. The van der Waals surface area contributed by atoms with Gasteiger partial charge in [-0.15, -0.1) is 0 Å². The summed E-state index contributed by atoms with van der Waals surface area (Å²) in [5.74, 6) is 0.703. The molecule has 0 saturated carbocycles. The number of hydrogen-bond donors (Lipinski definition) is 0. The van der Waals surface area contributed by atoms with Crippen LogP contribution in [0.2, 0.25) is 0 Å². The molecule has 0 spiro atoms. The van der Waals surface area contributed by atoms with Crippen LogP contribution in [0.3, 0.4) is 0 Å². The number of hydrogen-bond acceptors (Lipinski definition) is 5. The van der Waals surface area contributed by atoms with Crippen molar-refractivity contribution in [3.63, 3.8) is 0 Å². The Labute approximate surface area is 149 Å². The minimum absolute atomic E-state index is 0.141. The van der Waals surface area contributed by atoms with E-state index in [1.165, 1.54) is 11.8 Å². The number of nitriles is 2. The molecule has 0 bridgehead atoms. The molecule has 0 aliphatic heterocycles. The van der Waals surface area contributed by atoms with Gasteiger partial charge in [0.25, 0.3) is 5.56 Å². The summed E-state index contributed by atoms with van der Waals surface area (Å²) in [4.78, 5) is 17.6. The maximum Gasteiger partial charge on any atom is 0.266 e. The van der Waals surface area contributed by atoms with Crippen LogP contribution < -0.4 is 5.56 Å². The zero-order valence-corrected chi connectivity index (χ0v) is 14.2. The number of nitrogens with zero attached hydrogens (tertiary/aromatic N) is 4. The average Bonchev–Trinajstić information content (AvgIpc) is 2.66. The van der Waals surface area contributed by atoms with E-state index in [1.807, 2.05) is 18.2 Å². The van der Waals surface area contributed by atoms with Crippen LogP contribution >= 0.6 is 11.8 Å². The first kappa shape index (κ1) is 16.8. The summed E-state index contributed by atoms with van der Waals surface area (Å²) in [6.07, 6.45) is 1.21. The summed E-state index contributed by atoms with van der Waals surface area (Å²) in [5.41, 5.74) is 1.72. The highest BCUT2D eigenvalue weighted by atomic mass is 32.2. The molecule has 0 amide bonds. The lowest BCUT2D eigenvalue weighted by Gasteiger charge is -2.13. The molecule has 0 atom stereocenters. The molecule has 0 aliphatic rings. The van der Waals surface area contributed by atoms with Crippen LogP contribution in [-0.4, -0.2) is 15.3 Å². The van der Waals surface area contributed by atoms with E-state index in [-0.39, 0.29) is 5.56 Å². The second kappa shape index (κ2) is 7.65. The third-order valence-electron chi connectivity index (χ3n) is 3.66. The van der Waals surface area contributed by atoms with Gasteiger partial charge >= 0.3 is 0 Å². The van der Waals surface area contributed by atoms with E-state index in [0.717, 1.165) is 6.42 Å². The van der Waals surface area contributed by atoms with Gasteiger partial charge in [-0.2, -0.15) is 10.5 Å². The van der Waals surface area contributed by atoms with Crippen molar-refractivity contribution in [2.75, 3.05) is 5.75 Å². The fourth-order valence-electron chi connectivity index (χ4n) is 2.44. The summed E-state index contributed by atoms with van der Waals surface area (Å²) in [6, 6.07) is 18.3. The summed E-state index contributed by atoms with van der Waals surface area (Å²) in [6.45, 7) is 0. The minimum atomic E-state index is -0.141. The van der Waals surface area contributed by atoms with Gasteiger partial charge in [-0.1, -0.05) is 23.9 Å². The monoisotopic (exact) mass is 346 g/mol. The van der Waals surface area contributed by atoms with Crippen molar-refractivity contribution in [2.45, 2.75) is 18.0 Å². The van der Waals surface area contributed by atoms with E-state index in [2.05, 4.69) is 17.1 Å². The Bertz CT molecular complexity index is 1040. The van der Waals surface area contributed by atoms with Crippen molar-refractivity contribution in [2.24, 2.45) is 0 Å². The quantitative estimate of drug-likeness (QED) is 0.400. The Morgan fingerprint density at radius 3 is 2.56 bits per heavy atom. The molecule has 0 aliphatic carbocycles. The topological polar surface area (TPSA) is 82.5 Å². The van der Waals surface area contributed by atoms with Crippen LogP contribution in [0, 0.1) is 22.7 Å². The van der Waals surface area contributed by atoms with E-state index >= 15 is 0 Å². The van der Waals surface area contributed by atoms with Crippen LogP contribution in [0.15, 0.2) is 58.5 Å². The molecule has 6 heteroatoms. The molecule has 3 aromatic rings. The lowest BCUT2D eigenvalue weighted by Crippen LogP contribution is -2.21. The second-order valence-electron chi connectivity index (χ2n) is 5.32. The largest absolute Gasteiger partial charge is 0.268 e. The first-order valence-corrected chi connectivity index (χ1v) is 8.75. The Morgan fingerprint density at radius 1 is 1.08 bits per heavy atom. The molecule has 1 heterocycles. The molecule has 122 valence electrons. The van der Waals surface area contributed by atoms with Crippen LogP contribution in [-0.2, 0) is 0 Å². The number of unbranched alkanes of at least 4 members (excludes halogenated alkanes) is 1. The smallest absolute Gasteiger partial charge is 0.266 e. The summed E-state index contributed by atoms with van der Waals surface area (Å²) >= 11 is 1.46. The highest BCUT2D eigenvalue weighted by Crippen LogP contribution is 2.22. The molecule has 0 radical (unpaired) electrons. The van der Waals surface area contributed by atoms with Crippen molar-refractivity contribution in [3.8, 4) is 17.8 Å². The lowest BCUT2D eigenvalue weighted by atomic mass is 10.2. The van der Waals surface area contributed by atoms with E-state index in [4.69, 9.17) is 10.5 Å². The van der Waals surface area contributed by atoms with Crippen LogP contribution in [0.5, 0.6) is 0 Å². The van der Waals surface area contributed by atoms with Crippen molar-refractivity contribution in [1.29, 1.82) is 10.5 Å². The zero-order chi connectivity index (χ0) is 17.6. The van der Waals surface area contributed by atoms with Gasteiger partial charge in [0.15, 0.2) is 5.16 Å². The zero-order valence-electron chi connectivity index (χ0n) is 13.3. The van der Waals surface area contributed by atoms with Crippen molar-refractivity contribution < 1.29 is 0 Å². The van der Waals surface area contributed by atoms with Crippen LogP contribution in [0.4, 0.5) is 0 Å². The van der Waals surface area contributed by atoms with E-state index in [1.54, 1.807) is 34.9 Å². The second-order valence-corrected chi connectivity index (χ2v) is 6.38. The number of fused-ring (bicyclic) bond motifs is 1. The number of para-hydroxylation sites is 1.